The van der Waals surface area contributed by atoms with E-state index in [1.54, 1.807) is 0 Å². The number of halogens is 1. The first kappa shape index (κ1) is 19.0. The highest BCUT2D eigenvalue weighted by Gasteiger charge is 2.16. The molecule has 2 aromatic heterocycles. The number of fused-ring (bicyclic) bond motifs is 1. The number of nitrogens with one attached hydrogen (secondary N) is 3. The van der Waals surface area contributed by atoms with Crippen LogP contribution in [0.1, 0.15) is 39.0 Å². The summed E-state index contributed by atoms with van der Waals surface area (Å²) in [6, 6.07) is 15.3. The Labute approximate surface area is 172 Å². The molecule has 6 nitrogen and oxygen atoms in total. The van der Waals surface area contributed by atoms with Gasteiger partial charge in [0, 0.05) is 29.6 Å². The maximum Gasteiger partial charge on any atom is 0.269 e. The molecule has 0 saturated heterocycles. The minimum Gasteiger partial charge on any atom is -0.354 e. The van der Waals surface area contributed by atoms with Crippen LogP contribution in [0.15, 0.2) is 48.5 Å². The van der Waals surface area contributed by atoms with Gasteiger partial charge in [0.1, 0.15) is 11.4 Å². The third-order valence-corrected chi connectivity index (χ3v) is 5.12. The fraction of sp³-hybridized carbons (Fsp3) is 0.136. The highest BCUT2D eigenvalue weighted by atomic mass is 35.5. The van der Waals surface area contributed by atoms with E-state index in [0.29, 0.717) is 5.02 Å². The van der Waals surface area contributed by atoms with Crippen LogP contribution in [-0.4, -0.2) is 26.9 Å². The van der Waals surface area contributed by atoms with Crippen LogP contribution in [0.5, 0.6) is 0 Å². The predicted octanol–water partition coefficient (Wildman–Crippen LogP) is 4.65. The molecule has 2 aromatic carbocycles. The lowest BCUT2D eigenvalue weighted by Crippen LogP contribution is -2.23. The van der Waals surface area contributed by atoms with Crippen LogP contribution < -0.4 is 5.32 Å². The minimum atomic E-state index is -0.343. The molecule has 0 atom stereocenters. The van der Waals surface area contributed by atoms with Crippen LogP contribution >= 0.6 is 11.6 Å². The molecule has 3 N–H and O–H groups in total. The number of hydrogen-bond acceptors (Lipinski definition) is 3. The SMILES string of the molecule is CC(=O)c1cc(C(=O)NCc2cc(Cl)cc3c(C)c(-c4ccccc4)[nH]c23)[nH]n1. The van der Waals surface area contributed by atoms with E-state index in [4.69, 9.17) is 11.6 Å². The smallest absolute Gasteiger partial charge is 0.269 e. The second-order valence-electron chi connectivity index (χ2n) is 6.88. The predicted molar refractivity (Wildman–Crippen MR) is 113 cm³/mol. The summed E-state index contributed by atoms with van der Waals surface area (Å²) in [5, 5.41) is 10.9. The first-order valence-electron chi connectivity index (χ1n) is 9.14. The van der Waals surface area contributed by atoms with Crippen molar-refractivity contribution >= 4 is 34.2 Å². The second kappa shape index (κ2) is 7.56. The van der Waals surface area contributed by atoms with E-state index in [1.807, 2.05) is 49.4 Å². The summed E-state index contributed by atoms with van der Waals surface area (Å²) in [5.41, 5.74) is 5.48. The maximum absolute atomic E-state index is 12.4. The number of aryl methyl sites for hydroxylation is 1. The molecule has 4 aromatic rings. The lowest BCUT2D eigenvalue weighted by atomic mass is 10.1. The molecule has 0 unspecified atom stereocenters. The number of amides is 1. The molecule has 1 amide bonds. The highest BCUT2D eigenvalue weighted by Crippen LogP contribution is 2.33. The molecule has 0 aliphatic heterocycles. The van der Waals surface area contributed by atoms with Gasteiger partial charge in [-0.15, -0.1) is 0 Å². The number of rotatable bonds is 5. The fourth-order valence-electron chi connectivity index (χ4n) is 3.38. The van der Waals surface area contributed by atoms with Crippen molar-refractivity contribution in [3.05, 3.63) is 76.1 Å². The number of hydrogen-bond donors (Lipinski definition) is 3. The van der Waals surface area contributed by atoms with Gasteiger partial charge in [-0.2, -0.15) is 5.10 Å². The van der Waals surface area contributed by atoms with Crippen LogP contribution in [0.2, 0.25) is 5.02 Å². The molecule has 146 valence electrons. The maximum atomic E-state index is 12.4. The summed E-state index contributed by atoms with van der Waals surface area (Å²) in [5.74, 6) is -0.545. The van der Waals surface area contributed by atoms with Gasteiger partial charge in [-0.25, -0.2) is 0 Å². The molecule has 0 saturated carbocycles. The Hall–Kier alpha value is -3.38. The second-order valence-corrected chi connectivity index (χ2v) is 7.32. The molecule has 29 heavy (non-hydrogen) atoms. The number of benzene rings is 2. The number of aromatic amines is 2. The van der Waals surface area contributed by atoms with Crippen molar-refractivity contribution in [3.63, 3.8) is 0 Å². The zero-order chi connectivity index (χ0) is 20.5. The Kier molecular flexibility index (Phi) is 4.94. The van der Waals surface area contributed by atoms with Gasteiger partial charge in [-0.1, -0.05) is 41.9 Å². The van der Waals surface area contributed by atoms with E-state index in [0.717, 1.165) is 33.3 Å². The van der Waals surface area contributed by atoms with E-state index in [-0.39, 0.29) is 29.6 Å². The van der Waals surface area contributed by atoms with Crippen LogP contribution in [-0.2, 0) is 6.54 Å². The molecule has 0 bridgehead atoms. The van der Waals surface area contributed by atoms with E-state index in [9.17, 15) is 9.59 Å². The van der Waals surface area contributed by atoms with Gasteiger partial charge in [0.05, 0.1) is 5.52 Å². The Morgan fingerprint density at radius 2 is 1.90 bits per heavy atom. The van der Waals surface area contributed by atoms with Gasteiger partial charge < -0.3 is 10.3 Å². The molecular formula is C22H19ClN4O2. The molecule has 0 radical (unpaired) electrons. The minimum absolute atomic E-state index is 0.202. The van der Waals surface area contributed by atoms with Crippen molar-refractivity contribution in [3.8, 4) is 11.3 Å². The van der Waals surface area contributed by atoms with Crippen LogP contribution in [0, 0.1) is 6.92 Å². The number of H-pyrrole nitrogens is 2. The van der Waals surface area contributed by atoms with Gasteiger partial charge in [-0.3, -0.25) is 14.7 Å². The van der Waals surface area contributed by atoms with Gasteiger partial charge in [-0.05, 0) is 41.8 Å². The van der Waals surface area contributed by atoms with Gasteiger partial charge in [0.25, 0.3) is 5.91 Å². The fourth-order valence-corrected chi connectivity index (χ4v) is 3.62. The Bertz CT molecular complexity index is 1220. The van der Waals surface area contributed by atoms with Crippen molar-refractivity contribution < 1.29 is 9.59 Å². The summed E-state index contributed by atoms with van der Waals surface area (Å²) in [4.78, 5) is 27.3. The zero-order valence-corrected chi connectivity index (χ0v) is 16.7. The van der Waals surface area contributed by atoms with Crippen molar-refractivity contribution in [1.82, 2.24) is 20.5 Å². The summed E-state index contributed by atoms with van der Waals surface area (Å²) < 4.78 is 0. The monoisotopic (exact) mass is 406 g/mol. The summed E-state index contributed by atoms with van der Waals surface area (Å²) >= 11 is 6.34. The number of aromatic nitrogens is 3. The van der Waals surface area contributed by atoms with E-state index < -0.39 is 0 Å². The Morgan fingerprint density at radius 3 is 2.59 bits per heavy atom. The van der Waals surface area contributed by atoms with Crippen LogP contribution in [0.4, 0.5) is 0 Å². The lowest BCUT2D eigenvalue weighted by molar-refractivity contribution is 0.0945. The molecule has 0 spiro atoms. The summed E-state index contributed by atoms with van der Waals surface area (Å²) in [6.07, 6.45) is 0. The van der Waals surface area contributed by atoms with Crippen LogP contribution in [0.25, 0.3) is 22.2 Å². The topological polar surface area (TPSA) is 90.6 Å². The number of carbonyl (C=O) groups excluding carboxylic acids is 2. The standard InChI is InChI=1S/C22H19ClN4O2/c1-12-17-9-16(23)8-15(21(17)25-20(12)14-6-4-3-5-7-14)11-24-22(29)19-10-18(13(2)28)26-27-19/h3-10,25H,11H2,1-2H3,(H,24,29)(H,26,27). The number of carbonyl (C=O) groups is 2. The van der Waals surface area contributed by atoms with Crippen molar-refractivity contribution in [2.45, 2.75) is 20.4 Å². The third kappa shape index (κ3) is 3.67. The summed E-state index contributed by atoms with van der Waals surface area (Å²) in [7, 11) is 0. The molecule has 0 aliphatic rings. The van der Waals surface area contributed by atoms with Crippen molar-refractivity contribution in [2.75, 3.05) is 0 Å². The normalized spacial score (nSPS) is 11.0. The average molecular weight is 407 g/mol. The Balaban J connectivity index is 1.65. The van der Waals surface area contributed by atoms with Crippen molar-refractivity contribution in [1.29, 1.82) is 0 Å². The van der Waals surface area contributed by atoms with E-state index in [1.165, 1.54) is 13.0 Å². The molecule has 7 heteroatoms. The third-order valence-electron chi connectivity index (χ3n) is 4.90. The van der Waals surface area contributed by atoms with Crippen molar-refractivity contribution in [2.24, 2.45) is 0 Å². The molecule has 0 aliphatic carbocycles. The molecule has 2 heterocycles. The number of nitrogens with zero attached hydrogens (tertiary/aromatic N) is 1. The van der Waals surface area contributed by atoms with E-state index >= 15 is 0 Å². The van der Waals surface area contributed by atoms with Crippen LogP contribution in [0.3, 0.4) is 0 Å². The summed E-state index contributed by atoms with van der Waals surface area (Å²) in [6.45, 7) is 3.73. The van der Waals surface area contributed by atoms with Gasteiger partial charge >= 0.3 is 0 Å². The Morgan fingerprint density at radius 1 is 1.14 bits per heavy atom. The number of ketones is 1. The first-order valence-corrected chi connectivity index (χ1v) is 9.52. The van der Waals surface area contributed by atoms with E-state index in [2.05, 4.69) is 20.5 Å². The molecular weight excluding hydrogens is 388 g/mol. The average Bonchev–Trinajstić information content (AvgIpc) is 3.33. The lowest BCUT2D eigenvalue weighted by Gasteiger charge is -2.06. The van der Waals surface area contributed by atoms with Gasteiger partial charge in [0.15, 0.2) is 5.78 Å². The highest BCUT2D eigenvalue weighted by molar-refractivity contribution is 6.31. The van der Waals surface area contributed by atoms with Gasteiger partial charge in [0.2, 0.25) is 0 Å². The quantitative estimate of drug-likeness (QED) is 0.421. The zero-order valence-electron chi connectivity index (χ0n) is 16.0. The first-order chi connectivity index (χ1) is 13.9. The largest absolute Gasteiger partial charge is 0.354 e. The molecule has 0 fully saturated rings. The molecule has 4 rings (SSSR count). The number of Topliss-reactive ketones (excluding diaryl/α,β-unsaturated/α-hetero) is 1.